The second-order valence-electron chi connectivity index (χ2n) is 4.39. The van der Waals surface area contributed by atoms with Crippen LogP contribution in [0.3, 0.4) is 0 Å². The predicted molar refractivity (Wildman–Crippen MR) is 74.8 cm³/mol. The van der Waals surface area contributed by atoms with Gasteiger partial charge in [-0.25, -0.2) is 21.9 Å². The lowest BCUT2D eigenvalue weighted by atomic mass is 10.1. The average Bonchev–Trinajstić information content (AvgIpc) is 2.21. The van der Waals surface area contributed by atoms with E-state index in [1.54, 1.807) is 13.8 Å². The summed E-state index contributed by atoms with van der Waals surface area (Å²) in [6.45, 7) is 3.15. The molecule has 0 saturated heterocycles. The number of halogens is 4. The SMILES string of the molecule is CC(C)(CN)NS(=O)(=O)c1cc(Br)c(F)cc1F.Cl. The van der Waals surface area contributed by atoms with Crippen molar-refractivity contribution in [1.29, 1.82) is 0 Å². The highest BCUT2D eigenvalue weighted by Gasteiger charge is 2.28. The Labute approximate surface area is 125 Å². The molecule has 0 aliphatic rings. The van der Waals surface area contributed by atoms with Gasteiger partial charge in [-0.1, -0.05) is 0 Å². The van der Waals surface area contributed by atoms with E-state index < -0.39 is 32.1 Å². The van der Waals surface area contributed by atoms with Crippen LogP contribution in [0.1, 0.15) is 13.8 Å². The molecule has 0 bridgehead atoms. The molecule has 0 fully saturated rings. The van der Waals surface area contributed by atoms with E-state index in [4.69, 9.17) is 5.73 Å². The smallest absolute Gasteiger partial charge is 0.244 e. The molecule has 0 spiro atoms. The monoisotopic (exact) mass is 378 g/mol. The summed E-state index contributed by atoms with van der Waals surface area (Å²) in [5, 5.41) is 0. The molecule has 0 saturated carbocycles. The predicted octanol–water partition coefficient (Wildman–Crippen LogP) is 2.16. The Bertz CT molecular complexity index is 567. The fourth-order valence-electron chi connectivity index (χ4n) is 1.17. The highest BCUT2D eigenvalue weighted by Crippen LogP contribution is 2.24. The Morgan fingerprint density at radius 2 is 1.84 bits per heavy atom. The minimum atomic E-state index is -4.10. The standard InChI is InChI=1S/C10H13BrF2N2O2S.ClH/c1-10(2,5-14)15-18(16,17)9-3-6(11)7(12)4-8(9)13;/h3-4,15H,5,14H2,1-2H3;1H. The number of nitrogens with two attached hydrogens (primary N) is 1. The summed E-state index contributed by atoms with van der Waals surface area (Å²) in [4.78, 5) is -0.627. The van der Waals surface area contributed by atoms with Crippen molar-refractivity contribution >= 4 is 38.4 Å². The lowest BCUT2D eigenvalue weighted by molar-refractivity contribution is 0.458. The Kier molecular flexibility index (Phi) is 6.35. The molecule has 0 radical (unpaired) electrons. The van der Waals surface area contributed by atoms with Gasteiger partial charge < -0.3 is 5.73 Å². The first-order valence-electron chi connectivity index (χ1n) is 4.98. The second-order valence-corrected chi connectivity index (χ2v) is 6.90. The van der Waals surface area contributed by atoms with Crippen molar-refractivity contribution in [1.82, 2.24) is 4.72 Å². The molecule has 0 aliphatic carbocycles. The lowest BCUT2D eigenvalue weighted by Crippen LogP contribution is -2.48. The topological polar surface area (TPSA) is 72.2 Å². The molecule has 0 aromatic heterocycles. The molecular formula is C10H14BrClF2N2O2S. The summed E-state index contributed by atoms with van der Waals surface area (Å²) >= 11 is 2.81. The van der Waals surface area contributed by atoms with Crippen molar-refractivity contribution in [2.75, 3.05) is 6.54 Å². The molecule has 1 rings (SSSR count). The number of sulfonamides is 1. The molecule has 0 amide bonds. The van der Waals surface area contributed by atoms with Crippen LogP contribution in [0.15, 0.2) is 21.5 Å². The maximum absolute atomic E-state index is 13.5. The average molecular weight is 380 g/mol. The van der Waals surface area contributed by atoms with Gasteiger partial charge in [0.05, 0.1) is 4.47 Å². The van der Waals surface area contributed by atoms with Crippen LogP contribution < -0.4 is 10.5 Å². The van der Waals surface area contributed by atoms with Crippen LogP contribution in [-0.4, -0.2) is 20.5 Å². The number of benzene rings is 1. The molecule has 0 aliphatic heterocycles. The van der Waals surface area contributed by atoms with Crippen LogP contribution in [-0.2, 0) is 10.0 Å². The van der Waals surface area contributed by atoms with Crippen LogP contribution in [0.25, 0.3) is 0 Å². The van der Waals surface area contributed by atoms with Crippen LogP contribution in [0.4, 0.5) is 8.78 Å². The normalized spacial score (nSPS) is 12.1. The van der Waals surface area contributed by atoms with Crippen LogP contribution in [0, 0.1) is 11.6 Å². The van der Waals surface area contributed by atoms with Gasteiger partial charge in [0, 0.05) is 18.2 Å². The molecule has 1 aromatic carbocycles. The largest absolute Gasteiger partial charge is 0.329 e. The third-order valence-corrected chi connectivity index (χ3v) is 4.51. The minimum absolute atomic E-state index is 0. The van der Waals surface area contributed by atoms with E-state index in [-0.39, 0.29) is 23.4 Å². The fraction of sp³-hybridized carbons (Fsp3) is 0.400. The lowest BCUT2D eigenvalue weighted by Gasteiger charge is -2.24. The molecule has 3 N–H and O–H groups in total. The number of rotatable bonds is 4. The molecule has 9 heteroatoms. The van der Waals surface area contributed by atoms with E-state index in [2.05, 4.69) is 20.7 Å². The Balaban J connectivity index is 0.00000324. The summed E-state index contributed by atoms with van der Waals surface area (Å²) in [6, 6.07) is 1.38. The molecule has 0 atom stereocenters. The van der Waals surface area contributed by atoms with Crippen molar-refractivity contribution in [3.63, 3.8) is 0 Å². The van der Waals surface area contributed by atoms with Gasteiger partial charge in [0.2, 0.25) is 10.0 Å². The first kappa shape index (κ1) is 18.7. The van der Waals surface area contributed by atoms with Crippen molar-refractivity contribution in [3.05, 3.63) is 28.2 Å². The van der Waals surface area contributed by atoms with Crippen molar-refractivity contribution in [3.8, 4) is 0 Å². The van der Waals surface area contributed by atoms with Crippen LogP contribution >= 0.6 is 28.3 Å². The molecule has 0 heterocycles. The van der Waals surface area contributed by atoms with Crippen molar-refractivity contribution < 1.29 is 17.2 Å². The molecule has 19 heavy (non-hydrogen) atoms. The Morgan fingerprint density at radius 3 is 2.32 bits per heavy atom. The van der Waals surface area contributed by atoms with E-state index in [9.17, 15) is 17.2 Å². The summed E-state index contributed by atoms with van der Waals surface area (Å²) < 4.78 is 52.5. The molecule has 0 unspecified atom stereocenters. The van der Waals surface area contributed by atoms with Crippen molar-refractivity contribution in [2.24, 2.45) is 5.73 Å². The zero-order valence-corrected chi connectivity index (χ0v) is 13.4. The van der Waals surface area contributed by atoms with Gasteiger partial charge in [0.15, 0.2) is 0 Å². The summed E-state index contributed by atoms with van der Waals surface area (Å²) in [7, 11) is -4.10. The van der Waals surface area contributed by atoms with E-state index in [0.717, 1.165) is 6.07 Å². The second kappa shape index (κ2) is 6.45. The summed E-state index contributed by atoms with van der Waals surface area (Å²) in [5.41, 5.74) is 4.47. The molecule has 110 valence electrons. The third-order valence-electron chi connectivity index (χ3n) is 2.19. The van der Waals surface area contributed by atoms with Crippen LogP contribution in [0.5, 0.6) is 0 Å². The third kappa shape index (κ3) is 4.64. The number of hydrogen-bond acceptors (Lipinski definition) is 3. The maximum Gasteiger partial charge on any atom is 0.244 e. The highest BCUT2D eigenvalue weighted by atomic mass is 79.9. The van der Waals surface area contributed by atoms with E-state index in [0.29, 0.717) is 6.07 Å². The zero-order valence-electron chi connectivity index (χ0n) is 10.2. The quantitative estimate of drug-likeness (QED) is 0.788. The molecule has 1 aromatic rings. The first-order chi connectivity index (χ1) is 8.09. The van der Waals surface area contributed by atoms with Gasteiger partial charge in [0.25, 0.3) is 0 Å². The van der Waals surface area contributed by atoms with Gasteiger partial charge in [-0.3, -0.25) is 0 Å². The van der Waals surface area contributed by atoms with Gasteiger partial charge in [0.1, 0.15) is 16.5 Å². The summed E-state index contributed by atoms with van der Waals surface area (Å²) in [6.07, 6.45) is 0. The Hall–Kier alpha value is -0.280. The fourth-order valence-corrected chi connectivity index (χ4v) is 3.17. The highest BCUT2D eigenvalue weighted by molar-refractivity contribution is 9.10. The summed E-state index contributed by atoms with van der Waals surface area (Å²) in [5.74, 6) is -2.03. The zero-order chi connectivity index (χ0) is 14.1. The first-order valence-corrected chi connectivity index (χ1v) is 7.25. The maximum atomic E-state index is 13.5. The number of hydrogen-bond donors (Lipinski definition) is 2. The van der Waals surface area contributed by atoms with E-state index >= 15 is 0 Å². The van der Waals surface area contributed by atoms with Gasteiger partial charge in [-0.05, 0) is 35.8 Å². The Morgan fingerprint density at radius 1 is 1.32 bits per heavy atom. The molecule has 4 nitrogen and oxygen atoms in total. The van der Waals surface area contributed by atoms with Crippen molar-refractivity contribution in [2.45, 2.75) is 24.3 Å². The van der Waals surface area contributed by atoms with Gasteiger partial charge in [-0.15, -0.1) is 12.4 Å². The van der Waals surface area contributed by atoms with E-state index in [1.165, 1.54) is 0 Å². The van der Waals surface area contributed by atoms with Gasteiger partial charge in [-0.2, -0.15) is 0 Å². The minimum Gasteiger partial charge on any atom is -0.329 e. The van der Waals surface area contributed by atoms with Gasteiger partial charge >= 0.3 is 0 Å². The molecular weight excluding hydrogens is 366 g/mol. The number of nitrogens with one attached hydrogen (secondary N) is 1. The van der Waals surface area contributed by atoms with E-state index in [1.807, 2.05) is 0 Å². The van der Waals surface area contributed by atoms with Crippen LogP contribution in [0.2, 0.25) is 0 Å².